The van der Waals surface area contributed by atoms with E-state index in [1.165, 1.54) is 17.7 Å². The molecule has 6 heteroatoms. The van der Waals surface area contributed by atoms with Gasteiger partial charge in [-0.15, -0.1) is 0 Å². The molecule has 0 aromatic heterocycles. The molecule has 1 saturated heterocycles. The maximum atomic E-state index is 6.53. The minimum absolute atomic E-state index is 0.257. The van der Waals surface area contributed by atoms with Crippen LogP contribution < -0.4 is 10.2 Å². The fraction of sp³-hybridized carbons (Fsp3) is 0.429. The van der Waals surface area contributed by atoms with Gasteiger partial charge < -0.3 is 10.2 Å². The molecule has 0 bridgehead atoms. The fourth-order valence-corrected chi connectivity index (χ4v) is 4.75. The van der Waals surface area contributed by atoms with E-state index < -0.39 is 0 Å². The quantitative estimate of drug-likeness (QED) is 0.479. The van der Waals surface area contributed by atoms with E-state index in [9.17, 15) is 0 Å². The highest BCUT2D eigenvalue weighted by Crippen LogP contribution is 2.39. The van der Waals surface area contributed by atoms with Crippen LogP contribution in [-0.4, -0.2) is 31.1 Å². The van der Waals surface area contributed by atoms with Gasteiger partial charge in [0, 0.05) is 22.6 Å². The lowest BCUT2D eigenvalue weighted by molar-refractivity contribution is 0.361. The topological polar surface area (TPSA) is 15.3 Å². The summed E-state index contributed by atoms with van der Waals surface area (Å²) in [5.74, 6) is 1.20. The number of rotatable bonds is 7. The summed E-state index contributed by atoms with van der Waals surface area (Å²) in [5.41, 5.74) is 2.31. The van der Waals surface area contributed by atoms with Crippen LogP contribution in [0.15, 0.2) is 42.5 Å². The summed E-state index contributed by atoms with van der Waals surface area (Å²) in [6.07, 6.45) is 5.50. The van der Waals surface area contributed by atoms with E-state index >= 15 is 0 Å². The molecule has 0 aliphatic carbocycles. The first-order chi connectivity index (χ1) is 13.1. The Morgan fingerprint density at radius 1 is 1.07 bits per heavy atom. The van der Waals surface area contributed by atoms with Gasteiger partial charge in [-0.1, -0.05) is 46.9 Å². The summed E-state index contributed by atoms with van der Waals surface area (Å²) in [6, 6.07) is 14.7. The number of piperidine rings is 1. The highest BCUT2D eigenvalue weighted by molar-refractivity contribution is 7.98. The number of nitrogens with one attached hydrogen (secondary N) is 1. The Morgan fingerprint density at radius 3 is 2.52 bits per heavy atom. The Bertz CT molecular complexity index is 739. The largest absolute Gasteiger partial charge is 0.363 e. The van der Waals surface area contributed by atoms with Crippen LogP contribution in [0.5, 0.6) is 0 Å². The third kappa shape index (κ3) is 5.71. The van der Waals surface area contributed by atoms with Gasteiger partial charge in [-0.2, -0.15) is 11.8 Å². The summed E-state index contributed by atoms with van der Waals surface area (Å²) in [6.45, 7) is 2.02. The standard InChI is InChI=1S/C21H25Cl3N2S/c1-27-12-2-10-25-18-9-11-26(20-8-7-17(23)13-19(20)24)21(14-18)15-3-5-16(22)6-4-15/h3-8,13,18,21,25H,2,9-12,14H2,1H3. The van der Waals surface area contributed by atoms with Crippen molar-refractivity contribution in [1.29, 1.82) is 0 Å². The summed E-state index contributed by atoms with van der Waals surface area (Å²) in [5, 5.41) is 5.87. The fourth-order valence-electron chi connectivity index (χ4n) is 3.68. The van der Waals surface area contributed by atoms with Crippen LogP contribution >= 0.6 is 46.6 Å². The van der Waals surface area contributed by atoms with Crippen molar-refractivity contribution in [3.05, 3.63) is 63.1 Å². The number of nitrogens with zero attached hydrogens (tertiary/aromatic N) is 1. The van der Waals surface area contributed by atoms with Crippen LogP contribution in [0.2, 0.25) is 15.1 Å². The number of halogens is 3. The van der Waals surface area contributed by atoms with E-state index in [-0.39, 0.29) is 6.04 Å². The summed E-state index contributed by atoms with van der Waals surface area (Å²) in [7, 11) is 0. The molecule has 0 saturated carbocycles. The first kappa shape index (κ1) is 21.1. The van der Waals surface area contributed by atoms with Gasteiger partial charge in [0.15, 0.2) is 0 Å². The predicted octanol–water partition coefficient (Wildman–Crippen LogP) is 6.70. The van der Waals surface area contributed by atoms with E-state index in [0.29, 0.717) is 16.1 Å². The van der Waals surface area contributed by atoms with Gasteiger partial charge >= 0.3 is 0 Å². The molecule has 0 amide bonds. The zero-order valence-corrected chi connectivity index (χ0v) is 18.5. The molecule has 0 radical (unpaired) electrons. The molecule has 2 atom stereocenters. The highest BCUT2D eigenvalue weighted by Gasteiger charge is 2.30. The molecule has 1 aliphatic rings. The molecular formula is C21H25Cl3N2S. The van der Waals surface area contributed by atoms with Crippen LogP contribution in [0.3, 0.4) is 0 Å². The van der Waals surface area contributed by atoms with Gasteiger partial charge in [-0.05, 0) is 73.7 Å². The van der Waals surface area contributed by atoms with Gasteiger partial charge in [-0.3, -0.25) is 0 Å². The van der Waals surface area contributed by atoms with Gasteiger partial charge in [0.1, 0.15) is 0 Å². The van der Waals surface area contributed by atoms with Crippen LogP contribution in [0, 0.1) is 0 Å². The Labute approximate surface area is 181 Å². The molecule has 0 spiro atoms. The molecule has 27 heavy (non-hydrogen) atoms. The first-order valence-electron chi connectivity index (χ1n) is 9.28. The van der Waals surface area contributed by atoms with E-state index in [0.717, 1.165) is 36.6 Å². The minimum atomic E-state index is 0.257. The van der Waals surface area contributed by atoms with E-state index in [2.05, 4.69) is 28.6 Å². The zero-order valence-electron chi connectivity index (χ0n) is 15.4. The second kappa shape index (κ2) is 10.3. The van der Waals surface area contributed by atoms with Crippen LogP contribution in [0.25, 0.3) is 0 Å². The van der Waals surface area contributed by atoms with Crippen molar-refractivity contribution in [2.75, 3.05) is 30.0 Å². The summed E-state index contributed by atoms with van der Waals surface area (Å²) >= 11 is 20.6. The highest BCUT2D eigenvalue weighted by atomic mass is 35.5. The van der Waals surface area contributed by atoms with Crippen molar-refractivity contribution in [2.24, 2.45) is 0 Å². The summed E-state index contributed by atoms with van der Waals surface area (Å²) < 4.78 is 0. The predicted molar refractivity (Wildman–Crippen MR) is 122 cm³/mol. The Morgan fingerprint density at radius 2 is 1.81 bits per heavy atom. The average molecular weight is 444 g/mol. The van der Waals surface area contributed by atoms with Crippen LogP contribution in [-0.2, 0) is 0 Å². The van der Waals surface area contributed by atoms with Crippen molar-refractivity contribution >= 4 is 52.3 Å². The van der Waals surface area contributed by atoms with Gasteiger partial charge in [0.25, 0.3) is 0 Å². The molecular weight excluding hydrogens is 419 g/mol. The number of thioether (sulfide) groups is 1. The molecule has 146 valence electrons. The summed E-state index contributed by atoms with van der Waals surface area (Å²) in [4.78, 5) is 2.40. The van der Waals surface area contributed by atoms with Crippen molar-refractivity contribution in [1.82, 2.24) is 5.32 Å². The van der Waals surface area contributed by atoms with Crippen LogP contribution in [0.4, 0.5) is 5.69 Å². The molecule has 2 unspecified atom stereocenters. The SMILES string of the molecule is CSCCCNC1CCN(c2ccc(Cl)cc2Cl)C(c2ccc(Cl)cc2)C1. The molecule has 2 aromatic rings. The van der Waals surface area contributed by atoms with E-state index in [1.54, 1.807) is 0 Å². The van der Waals surface area contributed by atoms with Crippen molar-refractivity contribution < 1.29 is 0 Å². The smallest absolute Gasteiger partial charge is 0.0654 e. The third-order valence-corrected chi connectivity index (χ3v) is 6.52. The van der Waals surface area contributed by atoms with Crippen LogP contribution in [0.1, 0.15) is 30.9 Å². The van der Waals surface area contributed by atoms with Crippen molar-refractivity contribution in [2.45, 2.75) is 31.3 Å². The number of hydrogen-bond acceptors (Lipinski definition) is 3. The molecule has 1 aliphatic heterocycles. The molecule has 2 nitrogen and oxygen atoms in total. The minimum Gasteiger partial charge on any atom is -0.363 e. The molecule has 3 rings (SSSR count). The molecule has 1 heterocycles. The number of hydrogen-bond donors (Lipinski definition) is 1. The third-order valence-electron chi connectivity index (χ3n) is 5.03. The van der Waals surface area contributed by atoms with Crippen molar-refractivity contribution in [3.63, 3.8) is 0 Å². The lowest BCUT2D eigenvalue weighted by Crippen LogP contribution is -2.45. The maximum absolute atomic E-state index is 6.53. The molecule has 1 N–H and O–H groups in total. The maximum Gasteiger partial charge on any atom is 0.0654 e. The average Bonchev–Trinajstić information content (AvgIpc) is 2.66. The Hall–Kier alpha value is -0.580. The van der Waals surface area contributed by atoms with Gasteiger partial charge in [0.05, 0.1) is 16.8 Å². The second-order valence-corrected chi connectivity index (χ2v) is 9.14. The van der Waals surface area contributed by atoms with Gasteiger partial charge in [-0.25, -0.2) is 0 Å². The van der Waals surface area contributed by atoms with Crippen molar-refractivity contribution in [3.8, 4) is 0 Å². The van der Waals surface area contributed by atoms with E-state index in [4.69, 9.17) is 34.8 Å². The van der Waals surface area contributed by atoms with E-state index in [1.807, 2.05) is 42.1 Å². The molecule has 2 aromatic carbocycles. The van der Waals surface area contributed by atoms with Gasteiger partial charge in [0.2, 0.25) is 0 Å². The number of benzene rings is 2. The zero-order chi connectivity index (χ0) is 19.2. The lowest BCUT2D eigenvalue weighted by atomic mass is 9.91. The first-order valence-corrected chi connectivity index (χ1v) is 11.8. The normalized spacial score (nSPS) is 20.1. The lowest BCUT2D eigenvalue weighted by Gasteiger charge is -2.42. The monoisotopic (exact) mass is 442 g/mol. The molecule has 1 fully saturated rings. The number of anilines is 1. The Balaban J connectivity index is 1.80. The second-order valence-electron chi connectivity index (χ2n) is 6.88. The Kier molecular flexibility index (Phi) is 8.04.